The van der Waals surface area contributed by atoms with Gasteiger partial charge in [-0.05, 0) is 24.3 Å². The van der Waals surface area contributed by atoms with Gasteiger partial charge in [0, 0.05) is 12.0 Å². The van der Waals surface area contributed by atoms with Gasteiger partial charge in [-0.15, -0.1) is 0 Å². The molecule has 88 valence electrons. The summed E-state index contributed by atoms with van der Waals surface area (Å²) in [6.45, 7) is 1.17. The normalized spacial score (nSPS) is 14.6. The van der Waals surface area contributed by atoms with Crippen molar-refractivity contribution in [3.63, 3.8) is 0 Å². The first-order valence-electron chi connectivity index (χ1n) is 5.45. The molecular formula is C12H12FN3O. The molecule has 1 aliphatic rings. The zero-order chi connectivity index (χ0) is 11.8. The van der Waals surface area contributed by atoms with E-state index in [1.165, 1.54) is 12.1 Å². The predicted molar refractivity (Wildman–Crippen MR) is 61.3 cm³/mol. The quantitative estimate of drug-likeness (QED) is 0.815. The van der Waals surface area contributed by atoms with Gasteiger partial charge in [0.2, 0.25) is 0 Å². The molecule has 0 spiro atoms. The summed E-state index contributed by atoms with van der Waals surface area (Å²) in [5, 5.41) is 4.28. The van der Waals surface area contributed by atoms with E-state index in [9.17, 15) is 4.39 Å². The van der Waals surface area contributed by atoms with Gasteiger partial charge in [0.05, 0.1) is 24.6 Å². The number of nitrogens with zero attached hydrogens (tertiary/aromatic N) is 2. The van der Waals surface area contributed by atoms with E-state index in [1.54, 1.807) is 16.8 Å². The van der Waals surface area contributed by atoms with Gasteiger partial charge >= 0.3 is 0 Å². The summed E-state index contributed by atoms with van der Waals surface area (Å²) in [6, 6.07) is 6.17. The molecule has 2 aromatic rings. The van der Waals surface area contributed by atoms with Crippen LogP contribution in [0.3, 0.4) is 0 Å². The molecule has 1 aliphatic heterocycles. The van der Waals surface area contributed by atoms with Crippen LogP contribution in [0.2, 0.25) is 0 Å². The number of nitrogen functional groups attached to an aromatic ring is 1. The van der Waals surface area contributed by atoms with Gasteiger partial charge in [0.15, 0.2) is 0 Å². The standard InChI is InChI=1S/C12H12FN3O/c13-8-1-3-9(4-2-8)16-11-7-17-6-5-10(11)12(14)15-16/h1-4H,5-7H2,(H2,14,15). The van der Waals surface area contributed by atoms with Crippen molar-refractivity contribution in [1.29, 1.82) is 0 Å². The van der Waals surface area contributed by atoms with Crippen LogP contribution in [0.5, 0.6) is 0 Å². The van der Waals surface area contributed by atoms with Crippen LogP contribution in [0, 0.1) is 5.82 Å². The minimum Gasteiger partial charge on any atom is -0.382 e. The summed E-state index contributed by atoms with van der Waals surface area (Å²) >= 11 is 0. The maximum absolute atomic E-state index is 12.9. The summed E-state index contributed by atoms with van der Waals surface area (Å²) in [6.07, 6.45) is 0.780. The van der Waals surface area contributed by atoms with Gasteiger partial charge in [-0.1, -0.05) is 0 Å². The Morgan fingerprint density at radius 1 is 1.29 bits per heavy atom. The molecule has 0 fully saturated rings. The molecule has 0 unspecified atom stereocenters. The summed E-state index contributed by atoms with van der Waals surface area (Å²) in [7, 11) is 0. The van der Waals surface area contributed by atoms with Crippen LogP contribution in [-0.4, -0.2) is 16.4 Å². The summed E-state index contributed by atoms with van der Waals surface area (Å²) < 4.78 is 20.0. The Kier molecular flexibility index (Phi) is 2.33. The first-order chi connectivity index (χ1) is 8.25. The van der Waals surface area contributed by atoms with E-state index in [0.717, 1.165) is 23.4 Å². The van der Waals surface area contributed by atoms with E-state index in [4.69, 9.17) is 10.5 Å². The van der Waals surface area contributed by atoms with Crippen LogP contribution in [0.15, 0.2) is 24.3 Å². The van der Waals surface area contributed by atoms with E-state index in [0.29, 0.717) is 19.0 Å². The second kappa shape index (κ2) is 3.85. The number of ether oxygens (including phenoxy) is 1. The topological polar surface area (TPSA) is 53.1 Å². The largest absolute Gasteiger partial charge is 0.382 e. The van der Waals surface area contributed by atoms with Crippen LogP contribution >= 0.6 is 0 Å². The molecule has 0 atom stereocenters. The SMILES string of the molecule is Nc1nn(-c2ccc(F)cc2)c2c1CCOC2. The lowest BCUT2D eigenvalue weighted by atomic mass is 10.1. The zero-order valence-corrected chi connectivity index (χ0v) is 9.19. The number of rotatable bonds is 1. The zero-order valence-electron chi connectivity index (χ0n) is 9.19. The first-order valence-corrected chi connectivity index (χ1v) is 5.45. The second-order valence-corrected chi connectivity index (χ2v) is 4.00. The number of hydrogen-bond acceptors (Lipinski definition) is 3. The lowest BCUT2D eigenvalue weighted by Crippen LogP contribution is -2.13. The lowest BCUT2D eigenvalue weighted by Gasteiger charge is -2.14. The van der Waals surface area contributed by atoms with Crippen LogP contribution in [0.1, 0.15) is 11.3 Å². The van der Waals surface area contributed by atoms with Crippen molar-refractivity contribution in [2.45, 2.75) is 13.0 Å². The van der Waals surface area contributed by atoms with Crippen molar-refractivity contribution in [3.8, 4) is 5.69 Å². The molecule has 17 heavy (non-hydrogen) atoms. The van der Waals surface area contributed by atoms with Gasteiger partial charge in [-0.2, -0.15) is 5.10 Å². The summed E-state index contributed by atoms with van der Waals surface area (Å²) in [5.74, 6) is 0.270. The molecule has 3 rings (SSSR count). The van der Waals surface area contributed by atoms with E-state index < -0.39 is 0 Å². The molecule has 0 saturated heterocycles. The molecule has 0 saturated carbocycles. The van der Waals surface area contributed by atoms with Gasteiger partial charge in [-0.3, -0.25) is 0 Å². The highest BCUT2D eigenvalue weighted by molar-refractivity contribution is 5.47. The fourth-order valence-corrected chi connectivity index (χ4v) is 2.06. The van der Waals surface area contributed by atoms with Gasteiger partial charge < -0.3 is 10.5 Å². The number of anilines is 1. The van der Waals surface area contributed by atoms with Gasteiger partial charge in [-0.25, -0.2) is 9.07 Å². The van der Waals surface area contributed by atoms with Crippen LogP contribution < -0.4 is 5.73 Å². The van der Waals surface area contributed by atoms with Crippen molar-refractivity contribution >= 4 is 5.82 Å². The minimum absolute atomic E-state index is 0.265. The molecule has 4 nitrogen and oxygen atoms in total. The van der Waals surface area contributed by atoms with Crippen molar-refractivity contribution in [2.75, 3.05) is 12.3 Å². The number of aromatic nitrogens is 2. The molecule has 1 aromatic heterocycles. The summed E-state index contributed by atoms with van der Waals surface area (Å²) in [5.41, 5.74) is 8.66. The van der Waals surface area contributed by atoms with Crippen molar-refractivity contribution in [1.82, 2.24) is 9.78 Å². The van der Waals surface area contributed by atoms with Crippen LogP contribution in [-0.2, 0) is 17.8 Å². The van der Waals surface area contributed by atoms with E-state index in [1.807, 2.05) is 0 Å². The molecule has 0 bridgehead atoms. The first kappa shape index (κ1) is 10.3. The highest BCUT2D eigenvalue weighted by Crippen LogP contribution is 2.25. The van der Waals surface area contributed by atoms with Crippen LogP contribution in [0.4, 0.5) is 10.2 Å². The Labute approximate surface area is 97.8 Å². The fourth-order valence-electron chi connectivity index (χ4n) is 2.06. The smallest absolute Gasteiger partial charge is 0.149 e. The number of nitrogens with two attached hydrogens (primary N) is 1. The van der Waals surface area contributed by atoms with Crippen molar-refractivity contribution < 1.29 is 9.13 Å². The summed E-state index contributed by atoms with van der Waals surface area (Å²) in [4.78, 5) is 0. The van der Waals surface area contributed by atoms with Gasteiger partial charge in [0.25, 0.3) is 0 Å². The van der Waals surface area contributed by atoms with Crippen molar-refractivity contribution in [3.05, 3.63) is 41.3 Å². The monoisotopic (exact) mass is 233 g/mol. The molecule has 2 N–H and O–H groups in total. The average Bonchev–Trinajstić information content (AvgIpc) is 2.69. The van der Waals surface area contributed by atoms with Crippen LogP contribution in [0.25, 0.3) is 5.69 Å². The lowest BCUT2D eigenvalue weighted by molar-refractivity contribution is 0.106. The Bertz CT molecular complexity index is 548. The highest BCUT2D eigenvalue weighted by Gasteiger charge is 2.20. The number of halogens is 1. The average molecular weight is 233 g/mol. The minimum atomic E-state index is -0.265. The predicted octanol–water partition coefficient (Wildman–Crippen LogP) is 1.67. The van der Waals surface area contributed by atoms with Crippen molar-refractivity contribution in [2.24, 2.45) is 0 Å². The third-order valence-corrected chi connectivity index (χ3v) is 2.93. The van der Waals surface area contributed by atoms with Gasteiger partial charge in [0.1, 0.15) is 11.6 Å². The highest BCUT2D eigenvalue weighted by atomic mass is 19.1. The molecule has 0 amide bonds. The van der Waals surface area contributed by atoms with E-state index in [2.05, 4.69) is 5.10 Å². The number of benzene rings is 1. The second-order valence-electron chi connectivity index (χ2n) is 4.00. The van der Waals surface area contributed by atoms with E-state index >= 15 is 0 Å². The Morgan fingerprint density at radius 2 is 2.06 bits per heavy atom. The third-order valence-electron chi connectivity index (χ3n) is 2.93. The Balaban J connectivity index is 2.11. The fraction of sp³-hybridized carbons (Fsp3) is 0.250. The molecule has 1 aromatic carbocycles. The maximum Gasteiger partial charge on any atom is 0.149 e. The molecular weight excluding hydrogens is 221 g/mol. The maximum atomic E-state index is 12.9. The number of fused-ring (bicyclic) bond motifs is 1. The third kappa shape index (κ3) is 1.68. The molecule has 2 heterocycles. The molecule has 5 heteroatoms. The molecule has 0 aliphatic carbocycles. The number of hydrogen-bond donors (Lipinski definition) is 1. The Hall–Kier alpha value is -1.88. The van der Waals surface area contributed by atoms with E-state index in [-0.39, 0.29) is 5.82 Å². The Morgan fingerprint density at radius 3 is 2.82 bits per heavy atom. The molecule has 0 radical (unpaired) electrons.